The van der Waals surface area contributed by atoms with Crippen LogP contribution < -0.4 is 5.32 Å². The third-order valence-corrected chi connectivity index (χ3v) is 4.49. The average Bonchev–Trinajstić information content (AvgIpc) is 2.41. The lowest BCUT2D eigenvalue weighted by Crippen LogP contribution is -2.50. The summed E-state index contributed by atoms with van der Waals surface area (Å²) in [6, 6.07) is 0. The molecule has 2 heterocycles. The van der Waals surface area contributed by atoms with Crippen molar-refractivity contribution in [2.75, 3.05) is 37.7 Å². The number of hydrogen-bond donors (Lipinski definition) is 1. The molecule has 0 aromatic rings. The minimum atomic E-state index is 0.217. The number of carbonyl (C=O) groups is 1. The Morgan fingerprint density at radius 2 is 2.20 bits per heavy atom. The van der Waals surface area contributed by atoms with Crippen molar-refractivity contribution < 1.29 is 4.79 Å². The summed E-state index contributed by atoms with van der Waals surface area (Å²) in [6.07, 6.45) is 1.16. The van der Waals surface area contributed by atoms with E-state index in [-0.39, 0.29) is 5.92 Å². The maximum atomic E-state index is 12.2. The van der Waals surface area contributed by atoms with E-state index in [1.165, 1.54) is 5.75 Å². The first-order valence-corrected chi connectivity index (χ1v) is 7.02. The zero-order chi connectivity index (χ0) is 10.7. The topological polar surface area (TPSA) is 32.3 Å². The summed E-state index contributed by atoms with van der Waals surface area (Å²) in [5.41, 5.74) is 0. The molecule has 0 aromatic heterocycles. The van der Waals surface area contributed by atoms with E-state index < -0.39 is 0 Å². The van der Waals surface area contributed by atoms with E-state index in [0.717, 1.165) is 38.4 Å². The van der Waals surface area contributed by atoms with Crippen molar-refractivity contribution >= 4 is 17.7 Å². The van der Waals surface area contributed by atoms with Gasteiger partial charge in [-0.2, -0.15) is 11.8 Å². The molecule has 1 atom stereocenters. The summed E-state index contributed by atoms with van der Waals surface area (Å²) in [5, 5.41) is 3.24. The van der Waals surface area contributed by atoms with Gasteiger partial charge in [-0.1, -0.05) is 6.92 Å². The lowest BCUT2D eigenvalue weighted by Gasteiger charge is -2.34. The van der Waals surface area contributed by atoms with Gasteiger partial charge in [-0.25, -0.2) is 0 Å². The first kappa shape index (κ1) is 11.3. The van der Waals surface area contributed by atoms with Gasteiger partial charge in [-0.15, -0.1) is 0 Å². The molecule has 86 valence electrons. The van der Waals surface area contributed by atoms with Crippen molar-refractivity contribution in [1.29, 1.82) is 0 Å². The van der Waals surface area contributed by atoms with Crippen molar-refractivity contribution in [2.45, 2.75) is 13.3 Å². The molecule has 0 radical (unpaired) electrons. The first-order chi connectivity index (χ1) is 7.29. The minimum Gasteiger partial charge on any atom is -0.342 e. The van der Waals surface area contributed by atoms with Crippen LogP contribution >= 0.6 is 11.8 Å². The first-order valence-electron chi connectivity index (χ1n) is 5.86. The van der Waals surface area contributed by atoms with Crippen molar-refractivity contribution in [1.82, 2.24) is 10.2 Å². The van der Waals surface area contributed by atoms with Crippen LogP contribution in [-0.2, 0) is 4.79 Å². The predicted molar refractivity (Wildman–Crippen MR) is 64.0 cm³/mol. The van der Waals surface area contributed by atoms with E-state index >= 15 is 0 Å². The number of nitrogens with zero attached hydrogens (tertiary/aromatic N) is 1. The third kappa shape index (κ3) is 2.67. The van der Waals surface area contributed by atoms with Crippen LogP contribution in [0.25, 0.3) is 0 Å². The highest BCUT2D eigenvalue weighted by molar-refractivity contribution is 7.99. The number of hydrogen-bond acceptors (Lipinski definition) is 3. The second-order valence-corrected chi connectivity index (χ2v) is 5.72. The second kappa shape index (κ2) is 5.21. The molecular weight excluding hydrogens is 208 g/mol. The summed E-state index contributed by atoms with van der Waals surface area (Å²) in [4.78, 5) is 14.2. The highest BCUT2D eigenvalue weighted by Crippen LogP contribution is 2.20. The second-order valence-electron chi connectivity index (χ2n) is 4.50. The summed E-state index contributed by atoms with van der Waals surface area (Å²) < 4.78 is 0. The number of carbonyl (C=O) groups excluding carboxylic acids is 1. The van der Waals surface area contributed by atoms with Gasteiger partial charge in [0.2, 0.25) is 5.91 Å². The summed E-state index contributed by atoms with van der Waals surface area (Å²) in [6.45, 7) is 6.06. The van der Waals surface area contributed by atoms with Gasteiger partial charge < -0.3 is 10.2 Å². The Morgan fingerprint density at radius 3 is 2.87 bits per heavy atom. The molecule has 2 fully saturated rings. The lowest BCUT2D eigenvalue weighted by atomic mass is 9.88. The van der Waals surface area contributed by atoms with Gasteiger partial charge in [0.15, 0.2) is 0 Å². The smallest absolute Gasteiger partial charge is 0.225 e. The molecule has 2 rings (SSSR count). The molecule has 2 aliphatic heterocycles. The molecule has 1 N–H and O–H groups in total. The molecule has 0 bridgehead atoms. The maximum Gasteiger partial charge on any atom is 0.225 e. The molecule has 15 heavy (non-hydrogen) atoms. The van der Waals surface area contributed by atoms with Crippen LogP contribution in [0.4, 0.5) is 0 Å². The zero-order valence-electron chi connectivity index (χ0n) is 9.37. The molecule has 3 nitrogen and oxygen atoms in total. The fourth-order valence-electron chi connectivity index (χ4n) is 2.12. The van der Waals surface area contributed by atoms with E-state index in [1.54, 1.807) is 0 Å². The van der Waals surface area contributed by atoms with Crippen LogP contribution in [0, 0.1) is 11.8 Å². The Bertz CT molecular complexity index is 223. The van der Waals surface area contributed by atoms with Crippen molar-refractivity contribution in [3.05, 3.63) is 0 Å². The number of rotatable bonds is 2. The molecule has 0 aromatic carbocycles. The highest BCUT2D eigenvalue weighted by Gasteiger charge is 2.31. The van der Waals surface area contributed by atoms with Crippen molar-refractivity contribution in [2.24, 2.45) is 11.8 Å². The van der Waals surface area contributed by atoms with Crippen molar-refractivity contribution in [3.8, 4) is 0 Å². The fourth-order valence-corrected chi connectivity index (χ4v) is 3.01. The van der Waals surface area contributed by atoms with E-state index in [4.69, 9.17) is 0 Å². The van der Waals surface area contributed by atoms with E-state index in [1.807, 2.05) is 11.8 Å². The molecule has 2 aliphatic rings. The fraction of sp³-hybridized carbons (Fsp3) is 0.909. The largest absolute Gasteiger partial charge is 0.342 e. The predicted octanol–water partition coefficient (Wildman–Crippen LogP) is 0.807. The SMILES string of the molecule is CC(C(=O)N1CCCSCC1)C1CNC1. The molecular formula is C11H20N2OS. The molecule has 0 saturated carbocycles. The van der Waals surface area contributed by atoms with E-state index in [0.29, 0.717) is 11.8 Å². The normalized spacial score (nSPS) is 25.5. The Balaban J connectivity index is 1.86. The Kier molecular flexibility index (Phi) is 3.92. The molecule has 1 unspecified atom stereocenters. The lowest BCUT2D eigenvalue weighted by molar-refractivity contribution is -0.137. The van der Waals surface area contributed by atoms with Crippen LogP contribution in [-0.4, -0.2) is 48.5 Å². The minimum absolute atomic E-state index is 0.217. The van der Waals surface area contributed by atoms with Gasteiger partial charge >= 0.3 is 0 Å². The van der Waals surface area contributed by atoms with Crippen LogP contribution in [0.5, 0.6) is 0 Å². The molecule has 1 amide bonds. The van der Waals surface area contributed by atoms with Crippen LogP contribution in [0.2, 0.25) is 0 Å². The summed E-state index contributed by atoms with van der Waals surface area (Å²) in [7, 11) is 0. The summed E-state index contributed by atoms with van der Waals surface area (Å²) >= 11 is 1.97. The molecule has 0 spiro atoms. The maximum absolute atomic E-state index is 12.2. The summed E-state index contributed by atoms with van der Waals surface area (Å²) in [5.74, 6) is 3.50. The number of thioether (sulfide) groups is 1. The van der Waals surface area contributed by atoms with Crippen molar-refractivity contribution in [3.63, 3.8) is 0 Å². The van der Waals surface area contributed by atoms with Crippen LogP contribution in [0.3, 0.4) is 0 Å². The highest BCUT2D eigenvalue weighted by atomic mass is 32.2. The van der Waals surface area contributed by atoms with Crippen LogP contribution in [0.15, 0.2) is 0 Å². The van der Waals surface area contributed by atoms with Gasteiger partial charge in [0.25, 0.3) is 0 Å². The monoisotopic (exact) mass is 228 g/mol. The van der Waals surface area contributed by atoms with Gasteiger partial charge in [-0.3, -0.25) is 4.79 Å². The molecule has 0 aliphatic carbocycles. The van der Waals surface area contributed by atoms with Gasteiger partial charge in [-0.05, 0) is 31.2 Å². The zero-order valence-corrected chi connectivity index (χ0v) is 10.2. The van der Waals surface area contributed by atoms with E-state index in [2.05, 4.69) is 17.1 Å². The van der Waals surface area contributed by atoms with Gasteiger partial charge in [0.1, 0.15) is 0 Å². The number of amides is 1. The van der Waals surface area contributed by atoms with Gasteiger partial charge in [0.05, 0.1) is 0 Å². The van der Waals surface area contributed by atoms with Gasteiger partial charge in [0, 0.05) is 24.8 Å². The average molecular weight is 228 g/mol. The standard InChI is InChI=1S/C11H20N2OS/c1-9(10-7-12-8-10)11(14)13-3-2-5-15-6-4-13/h9-10,12H,2-8H2,1H3. The molecule has 4 heteroatoms. The molecule has 2 saturated heterocycles. The van der Waals surface area contributed by atoms with E-state index in [9.17, 15) is 4.79 Å². The third-order valence-electron chi connectivity index (χ3n) is 3.44. The Labute approximate surface area is 96.0 Å². The Morgan fingerprint density at radius 1 is 1.40 bits per heavy atom. The quantitative estimate of drug-likeness (QED) is 0.759. The Hall–Kier alpha value is -0.220. The van der Waals surface area contributed by atoms with Crippen LogP contribution in [0.1, 0.15) is 13.3 Å². The number of nitrogens with one attached hydrogen (secondary N) is 1.